The summed E-state index contributed by atoms with van der Waals surface area (Å²) in [7, 11) is 0. The molecule has 1 unspecified atom stereocenters. The van der Waals surface area contributed by atoms with Gasteiger partial charge in [0, 0.05) is 24.0 Å². The second-order valence-electron chi connectivity index (χ2n) is 4.36. The molecule has 1 heterocycles. The predicted molar refractivity (Wildman–Crippen MR) is 70.8 cm³/mol. The number of aromatic hydroxyl groups is 2. The first kappa shape index (κ1) is 12.2. The van der Waals surface area contributed by atoms with Gasteiger partial charge in [0.25, 0.3) is 0 Å². The predicted octanol–water partition coefficient (Wildman–Crippen LogP) is 2.97. The summed E-state index contributed by atoms with van der Waals surface area (Å²) in [6.07, 6.45) is 3.52. The molecule has 3 N–H and O–H groups in total. The quantitative estimate of drug-likeness (QED) is 0.776. The van der Waals surface area contributed by atoms with E-state index >= 15 is 0 Å². The van der Waals surface area contributed by atoms with E-state index in [1.165, 1.54) is 6.07 Å². The molecule has 0 radical (unpaired) electrons. The lowest BCUT2D eigenvalue weighted by Crippen LogP contribution is -2.07. The van der Waals surface area contributed by atoms with Crippen LogP contribution >= 0.6 is 0 Å². The highest BCUT2D eigenvalue weighted by Gasteiger charge is 2.10. The highest BCUT2D eigenvalue weighted by molar-refractivity contribution is 5.48. The molecule has 0 spiro atoms. The molecule has 4 heteroatoms. The van der Waals surface area contributed by atoms with Crippen LogP contribution in [-0.4, -0.2) is 15.2 Å². The van der Waals surface area contributed by atoms with Crippen LogP contribution in [0.3, 0.4) is 0 Å². The SMILES string of the molecule is Cc1cncc(NC(C)c2ccc(O)cc2O)c1. The van der Waals surface area contributed by atoms with E-state index in [1.54, 1.807) is 24.5 Å². The molecule has 2 aromatic rings. The first-order chi connectivity index (χ1) is 8.56. The third-order valence-electron chi connectivity index (χ3n) is 2.74. The largest absolute Gasteiger partial charge is 0.508 e. The minimum absolute atomic E-state index is 0.0562. The summed E-state index contributed by atoms with van der Waals surface area (Å²) in [6.45, 7) is 3.91. The van der Waals surface area contributed by atoms with Gasteiger partial charge >= 0.3 is 0 Å². The van der Waals surface area contributed by atoms with Crippen molar-refractivity contribution in [1.82, 2.24) is 4.98 Å². The Balaban J connectivity index is 2.19. The van der Waals surface area contributed by atoms with Crippen molar-refractivity contribution >= 4 is 5.69 Å². The van der Waals surface area contributed by atoms with E-state index in [4.69, 9.17) is 0 Å². The van der Waals surface area contributed by atoms with E-state index in [0.717, 1.165) is 16.8 Å². The van der Waals surface area contributed by atoms with E-state index in [0.29, 0.717) is 0 Å². The Bertz CT molecular complexity index is 555. The van der Waals surface area contributed by atoms with Gasteiger partial charge in [-0.1, -0.05) is 0 Å². The molecular formula is C14H16N2O2. The Morgan fingerprint density at radius 3 is 2.61 bits per heavy atom. The molecule has 0 saturated heterocycles. The number of nitrogens with one attached hydrogen (secondary N) is 1. The Hall–Kier alpha value is -2.23. The number of nitrogens with zero attached hydrogens (tertiary/aromatic N) is 1. The Morgan fingerprint density at radius 2 is 1.94 bits per heavy atom. The van der Waals surface area contributed by atoms with Crippen LogP contribution < -0.4 is 5.32 Å². The number of hydrogen-bond donors (Lipinski definition) is 3. The fraction of sp³-hybridized carbons (Fsp3) is 0.214. The van der Waals surface area contributed by atoms with Crippen LogP contribution in [0.15, 0.2) is 36.7 Å². The van der Waals surface area contributed by atoms with Crippen LogP contribution in [0.25, 0.3) is 0 Å². The zero-order chi connectivity index (χ0) is 13.1. The summed E-state index contributed by atoms with van der Waals surface area (Å²) in [5.74, 6) is 0.135. The van der Waals surface area contributed by atoms with Crippen molar-refractivity contribution in [3.05, 3.63) is 47.8 Å². The molecule has 1 aromatic heterocycles. The lowest BCUT2D eigenvalue weighted by molar-refractivity contribution is 0.444. The van der Waals surface area contributed by atoms with Crippen LogP contribution in [0, 0.1) is 6.92 Å². The second kappa shape index (κ2) is 4.96. The fourth-order valence-corrected chi connectivity index (χ4v) is 1.86. The van der Waals surface area contributed by atoms with Crippen molar-refractivity contribution in [1.29, 1.82) is 0 Å². The number of phenolic OH excluding ortho intramolecular Hbond substituents is 2. The minimum atomic E-state index is -0.0748. The standard InChI is InChI=1S/C14H16N2O2/c1-9-5-11(8-15-7-9)16-10(2)13-4-3-12(17)6-14(13)18/h3-8,10,16-18H,1-2H3. The van der Waals surface area contributed by atoms with Gasteiger partial charge in [0.1, 0.15) is 11.5 Å². The summed E-state index contributed by atoms with van der Waals surface area (Å²) in [6, 6.07) is 6.50. The third kappa shape index (κ3) is 2.71. The molecule has 18 heavy (non-hydrogen) atoms. The van der Waals surface area contributed by atoms with Gasteiger partial charge in [0.05, 0.1) is 11.7 Å². The van der Waals surface area contributed by atoms with Gasteiger partial charge in [0.2, 0.25) is 0 Å². The summed E-state index contributed by atoms with van der Waals surface area (Å²) >= 11 is 0. The summed E-state index contributed by atoms with van der Waals surface area (Å²) < 4.78 is 0. The van der Waals surface area contributed by atoms with Crippen molar-refractivity contribution in [2.45, 2.75) is 19.9 Å². The summed E-state index contributed by atoms with van der Waals surface area (Å²) in [4.78, 5) is 4.10. The van der Waals surface area contributed by atoms with Crippen molar-refractivity contribution < 1.29 is 10.2 Å². The number of hydrogen-bond acceptors (Lipinski definition) is 4. The maximum atomic E-state index is 9.78. The number of phenols is 2. The van der Waals surface area contributed by atoms with E-state index in [1.807, 2.05) is 19.9 Å². The average Bonchev–Trinajstić information content (AvgIpc) is 2.28. The summed E-state index contributed by atoms with van der Waals surface area (Å²) in [5.41, 5.74) is 2.70. The fourth-order valence-electron chi connectivity index (χ4n) is 1.86. The average molecular weight is 244 g/mol. The zero-order valence-electron chi connectivity index (χ0n) is 10.4. The van der Waals surface area contributed by atoms with E-state index in [2.05, 4.69) is 10.3 Å². The molecule has 0 aliphatic rings. The van der Waals surface area contributed by atoms with Gasteiger partial charge in [0.15, 0.2) is 0 Å². The number of anilines is 1. The maximum Gasteiger partial charge on any atom is 0.124 e. The van der Waals surface area contributed by atoms with Gasteiger partial charge < -0.3 is 15.5 Å². The molecule has 0 bridgehead atoms. The molecule has 0 saturated carbocycles. The minimum Gasteiger partial charge on any atom is -0.508 e. The van der Waals surface area contributed by atoms with E-state index in [-0.39, 0.29) is 17.5 Å². The Kier molecular flexibility index (Phi) is 3.37. The maximum absolute atomic E-state index is 9.78. The Labute approximate surface area is 106 Å². The smallest absolute Gasteiger partial charge is 0.124 e. The van der Waals surface area contributed by atoms with Crippen molar-refractivity contribution in [2.24, 2.45) is 0 Å². The Morgan fingerprint density at radius 1 is 1.17 bits per heavy atom. The van der Waals surface area contributed by atoms with Gasteiger partial charge in [-0.15, -0.1) is 0 Å². The monoisotopic (exact) mass is 244 g/mol. The normalized spacial score (nSPS) is 12.1. The second-order valence-corrected chi connectivity index (χ2v) is 4.36. The van der Waals surface area contributed by atoms with Crippen LogP contribution in [0.4, 0.5) is 5.69 Å². The number of rotatable bonds is 3. The van der Waals surface area contributed by atoms with Crippen LogP contribution in [0.5, 0.6) is 11.5 Å². The van der Waals surface area contributed by atoms with Crippen molar-refractivity contribution in [3.8, 4) is 11.5 Å². The number of aromatic nitrogens is 1. The van der Waals surface area contributed by atoms with E-state index < -0.39 is 0 Å². The molecule has 0 amide bonds. The number of benzene rings is 1. The highest BCUT2D eigenvalue weighted by atomic mass is 16.3. The highest BCUT2D eigenvalue weighted by Crippen LogP contribution is 2.29. The van der Waals surface area contributed by atoms with Crippen LogP contribution in [-0.2, 0) is 0 Å². The molecule has 2 rings (SSSR count). The number of pyridine rings is 1. The van der Waals surface area contributed by atoms with Gasteiger partial charge in [-0.3, -0.25) is 4.98 Å². The molecule has 0 aliphatic heterocycles. The van der Waals surface area contributed by atoms with Crippen molar-refractivity contribution in [2.75, 3.05) is 5.32 Å². The van der Waals surface area contributed by atoms with Gasteiger partial charge in [-0.2, -0.15) is 0 Å². The molecule has 0 aliphatic carbocycles. The molecule has 94 valence electrons. The zero-order valence-corrected chi connectivity index (χ0v) is 10.4. The van der Waals surface area contributed by atoms with E-state index in [9.17, 15) is 10.2 Å². The molecule has 1 atom stereocenters. The molecule has 1 aromatic carbocycles. The third-order valence-corrected chi connectivity index (χ3v) is 2.74. The first-order valence-corrected chi connectivity index (χ1v) is 5.76. The van der Waals surface area contributed by atoms with Crippen molar-refractivity contribution in [3.63, 3.8) is 0 Å². The lowest BCUT2D eigenvalue weighted by Gasteiger charge is -2.17. The van der Waals surface area contributed by atoms with Gasteiger partial charge in [-0.05, 0) is 37.6 Å². The van der Waals surface area contributed by atoms with Gasteiger partial charge in [-0.25, -0.2) is 0 Å². The topological polar surface area (TPSA) is 65.4 Å². The molecule has 4 nitrogen and oxygen atoms in total. The first-order valence-electron chi connectivity index (χ1n) is 5.76. The molecular weight excluding hydrogens is 228 g/mol. The lowest BCUT2D eigenvalue weighted by atomic mass is 10.1. The molecule has 0 fully saturated rings. The number of aryl methyl sites for hydroxylation is 1. The van der Waals surface area contributed by atoms with Crippen LogP contribution in [0.2, 0.25) is 0 Å². The van der Waals surface area contributed by atoms with Crippen LogP contribution in [0.1, 0.15) is 24.1 Å². The summed E-state index contributed by atoms with van der Waals surface area (Å²) in [5, 5.41) is 22.3.